The number of hydrogen-bond acceptors (Lipinski definition) is 6. The van der Waals surface area contributed by atoms with Crippen molar-refractivity contribution in [1.29, 1.82) is 0 Å². The van der Waals surface area contributed by atoms with Crippen molar-refractivity contribution >= 4 is 22.7 Å². The first-order valence-corrected chi connectivity index (χ1v) is 7.00. The van der Waals surface area contributed by atoms with E-state index in [0.717, 1.165) is 10.8 Å². The van der Waals surface area contributed by atoms with Crippen LogP contribution in [0.25, 0.3) is 10.8 Å². The zero-order chi connectivity index (χ0) is 17.0. The molecule has 23 heavy (non-hydrogen) atoms. The number of carbonyl (C=O) groups is 2. The fraction of sp³-hybridized carbons (Fsp3) is 0.294. The Hall–Kier alpha value is -2.76. The molecular formula is C17H18O6. The van der Waals surface area contributed by atoms with Crippen LogP contribution in [0.1, 0.15) is 27.6 Å². The summed E-state index contributed by atoms with van der Waals surface area (Å²) in [6.07, 6.45) is 0. The third-order valence-electron chi connectivity index (χ3n) is 3.37. The Morgan fingerprint density at radius 3 is 1.70 bits per heavy atom. The molecule has 0 amide bonds. The molecule has 0 saturated heterocycles. The van der Waals surface area contributed by atoms with Gasteiger partial charge in [-0.2, -0.15) is 0 Å². The number of benzene rings is 2. The fourth-order valence-electron chi connectivity index (χ4n) is 2.29. The summed E-state index contributed by atoms with van der Waals surface area (Å²) in [6.45, 7) is 2.34. The van der Waals surface area contributed by atoms with Gasteiger partial charge in [-0.15, -0.1) is 0 Å². The molecule has 2 aromatic carbocycles. The van der Waals surface area contributed by atoms with Gasteiger partial charge in [0.15, 0.2) is 11.5 Å². The van der Waals surface area contributed by atoms with E-state index in [9.17, 15) is 9.59 Å². The predicted molar refractivity (Wildman–Crippen MR) is 84.3 cm³/mol. The van der Waals surface area contributed by atoms with Crippen LogP contribution in [0.15, 0.2) is 24.3 Å². The number of ether oxygens (including phenoxy) is 4. The molecular weight excluding hydrogens is 300 g/mol. The topological polar surface area (TPSA) is 71.1 Å². The highest BCUT2D eigenvalue weighted by molar-refractivity contribution is 6.07. The van der Waals surface area contributed by atoms with Crippen LogP contribution in [0.2, 0.25) is 0 Å². The highest BCUT2D eigenvalue weighted by atomic mass is 16.5. The molecule has 0 bridgehead atoms. The summed E-state index contributed by atoms with van der Waals surface area (Å²) in [5.74, 6) is -0.119. The number of rotatable bonds is 5. The number of fused-ring (bicyclic) bond motifs is 1. The molecule has 0 aliphatic rings. The molecule has 0 fully saturated rings. The smallest absolute Gasteiger partial charge is 0.338 e. The lowest BCUT2D eigenvalue weighted by molar-refractivity contribution is 0.0555. The molecule has 122 valence electrons. The summed E-state index contributed by atoms with van der Waals surface area (Å²) in [5.41, 5.74) is 0.275. The second-order valence-electron chi connectivity index (χ2n) is 4.66. The van der Waals surface area contributed by atoms with E-state index in [1.807, 2.05) is 6.92 Å². The second-order valence-corrected chi connectivity index (χ2v) is 4.66. The van der Waals surface area contributed by atoms with Crippen molar-refractivity contribution in [3.63, 3.8) is 0 Å². The summed E-state index contributed by atoms with van der Waals surface area (Å²) in [5, 5.41) is 1.45. The lowest BCUT2D eigenvalue weighted by Gasteiger charge is -2.13. The first-order chi connectivity index (χ1) is 11.0. The normalized spacial score (nSPS) is 10.3. The van der Waals surface area contributed by atoms with Crippen LogP contribution in [0.4, 0.5) is 0 Å². The molecule has 0 aromatic heterocycles. The summed E-state index contributed by atoms with van der Waals surface area (Å²) in [4.78, 5) is 23.9. The van der Waals surface area contributed by atoms with E-state index in [1.165, 1.54) is 21.3 Å². The Kier molecular flexibility index (Phi) is 5.05. The van der Waals surface area contributed by atoms with E-state index < -0.39 is 11.9 Å². The van der Waals surface area contributed by atoms with E-state index in [1.54, 1.807) is 24.3 Å². The molecule has 0 spiro atoms. The van der Waals surface area contributed by atoms with Gasteiger partial charge in [-0.05, 0) is 42.0 Å². The predicted octanol–water partition coefficient (Wildman–Crippen LogP) is 2.82. The summed E-state index contributed by atoms with van der Waals surface area (Å²) >= 11 is 0. The van der Waals surface area contributed by atoms with Gasteiger partial charge in [-0.3, -0.25) is 0 Å². The number of methoxy groups -OCH3 is 3. The summed E-state index contributed by atoms with van der Waals surface area (Å²) < 4.78 is 20.3. The third kappa shape index (κ3) is 3.21. The van der Waals surface area contributed by atoms with Crippen molar-refractivity contribution in [2.75, 3.05) is 27.9 Å². The molecule has 0 unspecified atom stereocenters. The molecule has 0 atom stereocenters. The van der Waals surface area contributed by atoms with Gasteiger partial charge < -0.3 is 18.9 Å². The lowest BCUT2D eigenvalue weighted by Crippen LogP contribution is -2.11. The number of esters is 2. The second kappa shape index (κ2) is 7.00. The highest BCUT2D eigenvalue weighted by Gasteiger charge is 2.20. The van der Waals surface area contributed by atoms with Crippen molar-refractivity contribution in [3.05, 3.63) is 35.4 Å². The van der Waals surface area contributed by atoms with E-state index in [2.05, 4.69) is 0 Å². The van der Waals surface area contributed by atoms with Crippen LogP contribution >= 0.6 is 0 Å². The van der Waals surface area contributed by atoms with E-state index in [0.29, 0.717) is 18.1 Å². The SMILES string of the molecule is CCOc1cc2cc(C(=O)OC)c(C(=O)OC)cc2cc1OC. The molecule has 6 nitrogen and oxygen atoms in total. The van der Waals surface area contributed by atoms with Gasteiger partial charge in [0, 0.05) is 0 Å². The van der Waals surface area contributed by atoms with Crippen molar-refractivity contribution in [2.24, 2.45) is 0 Å². The molecule has 0 saturated carbocycles. The van der Waals surface area contributed by atoms with Gasteiger partial charge in [0.1, 0.15) is 0 Å². The molecule has 2 rings (SSSR count). The lowest BCUT2D eigenvalue weighted by atomic mass is 10.00. The zero-order valence-electron chi connectivity index (χ0n) is 13.5. The zero-order valence-corrected chi connectivity index (χ0v) is 13.5. The van der Waals surface area contributed by atoms with Gasteiger partial charge in [-0.25, -0.2) is 9.59 Å². The van der Waals surface area contributed by atoms with Crippen molar-refractivity contribution < 1.29 is 28.5 Å². The van der Waals surface area contributed by atoms with Crippen LogP contribution in [0.5, 0.6) is 11.5 Å². The average molecular weight is 318 g/mol. The molecule has 0 aliphatic heterocycles. The molecule has 0 heterocycles. The van der Waals surface area contributed by atoms with E-state index in [4.69, 9.17) is 18.9 Å². The standard InChI is InChI=1S/C17H18O6/c1-5-23-15-9-11-7-13(17(19)22-4)12(16(18)21-3)6-10(11)8-14(15)20-2/h6-9H,5H2,1-4H3. The molecule has 2 aromatic rings. The minimum Gasteiger partial charge on any atom is -0.493 e. The van der Waals surface area contributed by atoms with Gasteiger partial charge in [0.2, 0.25) is 0 Å². The van der Waals surface area contributed by atoms with Crippen molar-refractivity contribution in [1.82, 2.24) is 0 Å². The maximum atomic E-state index is 11.9. The van der Waals surface area contributed by atoms with Gasteiger partial charge in [-0.1, -0.05) is 0 Å². The first kappa shape index (κ1) is 16.6. The monoisotopic (exact) mass is 318 g/mol. The molecule has 0 N–H and O–H groups in total. The maximum Gasteiger partial charge on any atom is 0.338 e. The van der Waals surface area contributed by atoms with Crippen LogP contribution in [0, 0.1) is 0 Å². The fourth-order valence-corrected chi connectivity index (χ4v) is 2.29. The minimum atomic E-state index is -0.611. The Bertz CT molecular complexity index is 750. The first-order valence-electron chi connectivity index (χ1n) is 7.00. The van der Waals surface area contributed by atoms with E-state index in [-0.39, 0.29) is 11.1 Å². The van der Waals surface area contributed by atoms with Crippen molar-refractivity contribution in [3.8, 4) is 11.5 Å². The molecule has 6 heteroatoms. The minimum absolute atomic E-state index is 0.137. The summed E-state index contributed by atoms with van der Waals surface area (Å²) in [6, 6.07) is 6.65. The van der Waals surface area contributed by atoms with Crippen LogP contribution < -0.4 is 9.47 Å². The van der Waals surface area contributed by atoms with Gasteiger partial charge in [0.05, 0.1) is 39.1 Å². The third-order valence-corrected chi connectivity index (χ3v) is 3.37. The quantitative estimate of drug-likeness (QED) is 0.790. The average Bonchev–Trinajstić information content (AvgIpc) is 2.58. The van der Waals surface area contributed by atoms with Crippen molar-refractivity contribution in [2.45, 2.75) is 6.92 Å². The Labute approximate surface area is 133 Å². The Balaban J connectivity index is 2.73. The maximum absolute atomic E-state index is 11.9. The number of carbonyl (C=O) groups excluding carboxylic acids is 2. The summed E-state index contributed by atoms with van der Waals surface area (Å²) in [7, 11) is 4.05. The van der Waals surface area contributed by atoms with Crippen LogP contribution in [-0.2, 0) is 9.47 Å². The molecule has 0 aliphatic carbocycles. The van der Waals surface area contributed by atoms with Gasteiger partial charge in [0.25, 0.3) is 0 Å². The Morgan fingerprint density at radius 1 is 0.826 bits per heavy atom. The number of hydrogen-bond donors (Lipinski definition) is 0. The van der Waals surface area contributed by atoms with Gasteiger partial charge >= 0.3 is 11.9 Å². The largest absolute Gasteiger partial charge is 0.493 e. The van der Waals surface area contributed by atoms with Crippen LogP contribution in [0.3, 0.4) is 0 Å². The Morgan fingerprint density at radius 2 is 1.30 bits per heavy atom. The van der Waals surface area contributed by atoms with E-state index >= 15 is 0 Å². The molecule has 0 radical (unpaired) electrons. The highest BCUT2D eigenvalue weighted by Crippen LogP contribution is 2.34. The van der Waals surface area contributed by atoms with Crippen LogP contribution in [-0.4, -0.2) is 39.9 Å².